The number of carbonyl (C=O) groups excluding carboxylic acids is 1. The number of hydrogen-bond donors (Lipinski definition) is 2. The molecule has 40 heavy (non-hydrogen) atoms. The third kappa shape index (κ3) is 5.55. The van der Waals surface area contributed by atoms with Crippen LogP contribution in [0.4, 0.5) is 0 Å². The van der Waals surface area contributed by atoms with Crippen LogP contribution in [-0.4, -0.2) is 64.3 Å². The van der Waals surface area contributed by atoms with E-state index in [1.807, 2.05) is 65.6 Å². The average molecular weight is 560 g/mol. The predicted molar refractivity (Wildman–Crippen MR) is 153 cm³/mol. The molecule has 0 bridgehead atoms. The third-order valence-corrected chi connectivity index (χ3v) is 8.12. The van der Waals surface area contributed by atoms with Gasteiger partial charge in [0.1, 0.15) is 6.10 Å². The van der Waals surface area contributed by atoms with Gasteiger partial charge in [0.25, 0.3) is 11.9 Å². The van der Waals surface area contributed by atoms with Gasteiger partial charge >= 0.3 is 5.97 Å². The van der Waals surface area contributed by atoms with Crippen molar-refractivity contribution in [2.24, 2.45) is 5.92 Å². The maximum Gasteiger partial charge on any atom is 0.306 e. The first kappa shape index (κ1) is 26.3. The molecule has 6 rings (SSSR count). The number of hydrogen-bond acceptors (Lipinski definition) is 5. The molecule has 1 amide bonds. The molecule has 9 heteroatoms. The summed E-state index contributed by atoms with van der Waals surface area (Å²) in [5.74, 6) is -0.980. The molecule has 4 aromatic rings. The topological polar surface area (TPSA) is 105 Å². The SMILES string of the molecule is O=C(O)C1CCC(Oc2nc3cc(-c4ccc(-c5ccc(C(=O)N6CCOCC6)cc5)cc4)c(Cl)cc3[nH]2)CC1. The molecular formula is C31H30ClN3O5. The molecule has 1 aliphatic heterocycles. The second-order valence-electron chi connectivity index (χ2n) is 10.4. The molecule has 8 nitrogen and oxygen atoms in total. The minimum Gasteiger partial charge on any atom is -0.481 e. The van der Waals surface area contributed by atoms with E-state index in [1.54, 1.807) is 0 Å². The van der Waals surface area contributed by atoms with Crippen LogP contribution in [0.3, 0.4) is 0 Å². The number of halogens is 1. The van der Waals surface area contributed by atoms with E-state index in [2.05, 4.69) is 9.97 Å². The summed E-state index contributed by atoms with van der Waals surface area (Å²) < 4.78 is 11.4. The number of aromatic amines is 1. The van der Waals surface area contributed by atoms with Crippen LogP contribution in [0.1, 0.15) is 36.0 Å². The van der Waals surface area contributed by atoms with Gasteiger partial charge in [-0.05, 0) is 66.6 Å². The second-order valence-corrected chi connectivity index (χ2v) is 10.8. The summed E-state index contributed by atoms with van der Waals surface area (Å²) >= 11 is 6.66. The van der Waals surface area contributed by atoms with Crippen LogP contribution in [0.25, 0.3) is 33.3 Å². The Morgan fingerprint density at radius 1 is 0.925 bits per heavy atom. The van der Waals surface area contributed by atoms with Crippen molar-refractivity contribution in [3.05, 3.63) is 71.2 Å². The molecule has 206 valence electrons. The number of morpholine rings is 1. The van der Waals surface area contributed by atoms with E-state index in [0.29, 0.717) is 68.6 Å². The van der Waals surface area contributed by atoms with Crippen molar-refractivity contribution < 1.29 is 24.2 Å². The van der Waals surface area contributed by atoms with Gasteiger partial charge in [-0.15, -0.1) is 0 Å². The number of benzene rings is 3. The van der Waals surface area contributed by atoms with Gasteiger partial charge in [0.05, 0.1) is 35.2 Å². The van der Waals surface area contributed by atoms with E-state index in [0.717, 1.165) is 33.3 Å². The summed E-state index contributed by atoms with van der Waals surface area (Å²) in [6, 6.07) is 20.1. The molecule has 1 aliphatic carbocycles. The number of H-pyrrole nitrogens is 1. The van der Waals surface area contributed by atoms with Crippen molar-refractivity contribution in [2.75, 3.05) is 26.3 Å². The van der Waals surface area contributed by atoms with E-state index in [1.165, 1.54) is 0 Å². The molecule has 0 atom stereocenters. The van der Waals surface area contributed by atoms with Crippen LogP contribution in [0.15, 0.2) is 60.7 Å². The Bertz CT molecular complexity index is 1520. The largest absolute Gasteiger partial charge is 0.481 e. The second kappa shape index (κ2) is 11.3. The standard InChI is InChI=1S/C31H30ClN3O5/c32-26-18-28-27(33-31(34-28)40-24-11-9-23(10-12-24)30(37)38)17-25(26)21-5-1-19(2-6-21)20-3-7-22(8-4-20)29(36)35-13-15-39-16-14-35/h1-8,17-18,23-24H,9-16H2,(H,33,34)(H,37,38). The highest BCUT2D eigenvalue weighted by Gasteiger charge is 2.27. The molecule has 2 aliphatic rings. The Balaban J connectivity index is 1.15. The number of aromatic nitrogens is 2. The zero-order valence-corrected chi connectivity index (χ0v) is 22.7. The fraction of sp³-hybridized carbons (Fsp3) is 0.323. The molecule has 2 N–H and O–H groups in total. The normalized spacial score (nSPS) is 19.5. The lowest BCUT2D eigenvalue weighted by molar-refractivity contribution is -0.143. The average Bonchev–Trinajstić information content (AvgIpc) is 3.38. The molecule has 0 unspecified atom stereocenters. The summed E-state index contributed by atoms with van der Waals surface area (Å²) in [6.07, 6.45) is 2.56. The van der Waals surface area contributed by atoms with Crippen LogP contribution in [0.5, 0.6) is 6.01 Å². The van der Waals surface area contributed by atoms with Crippen LogP contribution in [-0.2, 0) is 9.53 Å². The Labute approximate surface area is 236 Å². The van der Waals surface area contributed by atoms with E-state index in [4.69, 9.17) is 21.1 Å². The summed E-state index contributed by atoms with van der Waals surface area (Å²) in [5.41, 5.74) is 6.11. The molecule has 0 spiro atoms. The van der Waals surface area contributed by atoms with Crippen molar-refractivity contribution in [3.63, 3.8) is 0 Å². The zero-order valence-electron chi connectivity index (χ0n) is 21.9. The zero-order chi connectivity index (χ0) is 27.6. The number of nitrogens with zero attached hydrogens (tertiary/aromatic N) is 2. The fourth-order valence-electron chi connectivity index (χ4n) is 5.47. The molecule has 2 fully saturated rings. The fourth-order valence-corrected chi connectivity index (χ4v) is 5.74. The number of rotatable bonds is 6. The van der Waals surface area contributed by atoms with Gasteiger partial charge < -0.3 is 24.5 Å². The van der Waals surface area contributed by atoms with E-state index in [9.17, 15) is 14.7 Å². The Kier molecular flexibility index (Phi) is 7.45. The highest BCUT2D eigenvalue weighted by molar-refractivity contribution is 6.34. The summed E-state index contributed by atoms with van der Waals surface area (Å²) in [4.78, 5) is 33.6. The molecular weight excluding hydrogens is 530 g/mol. The number of aliphatic carboxylic acids is 1. The monoisotopic (exact) mass is 559 g/mol. The molecule has 1 saturated carbocycles. The molecule has 1 aromatic heterocycles. The number of fused-ring (bicyclic) bond motifs is 1. The minimum absolute atomic E-state index is 0.0349. The van der Waals surface area contributed by atoms with Gasteiger partial charge in [-0.1, -0.05) is 48.0 Å². The smallest absolute Gasteiger partial charge is 0.306 e. The van der Waals surface area contributed by atoms with E-state index in [-0.39, 0.29) is 17.9 Å². The van der Waals surface area contributed by atoms with Crippen LogP contribution < -0.4 is 4.74 Å². The number of carboxylic acids is 1. The number of carboxylic acid groups (broad SMARTS) is 1. The lowest BCUT2D eigenvalue weighted by Gasteiger charge is -2.26. The van der Waals surface area contributed by atoms with Crippen LogP contribution in [0.2, 0.25) is 5.02 Å². The Hall–Kier alpha value is -3.88. The van der Waals surface area contributed by atoms with Gasteiger partial charge in [0.2, 0.25) is 0 Å². The van der Waals surface area contributed by atoms with Gasteiger partial charge in [0, 0.05) is 24.2 Å². The van der Waals surface area contributed by atoms with Crippen LogP contribution >= 0.6 is 11.6 Å². The first-order chi connectivity index (χ1) is 19.4. The van der Waals surface area contributed by atoms with Gasteiger partial charge in [-0.25, -0.2) is 0 Å². The number of carbonyl (C=O) groups is 2. The maximum absolute atomic E-state index is 12.7. The van der Waals surface area contributed by atoms with E-state index >= 15 is 0 Å². The lowest BCUT2D eigenvalue weighted by Crippen LogP contribution is -2.40. The molecule has 3 aromatic carbocycles. The third-order valence-electron chi connectivity index (χ3n) is 7.81. The number of imidazole rings is 1. The molecule has 2 heterocycles. The van der Waals surface area contributed by atoms with Crippen molar-refractivity contribution in [3.8, 4) is 28.3 Å². The summed E-state index contributed by atoms with van der Waals surface area (Å²) in [7, 11) is 0. The van der Waals surface area contributed by atoms with Crippen molar-refractivity contribution >= 4 is 34.5 Å². The number of amides is 1. The summed E-state index contributed by atoms with van der Waals surface area (Å²) in [5, 5.41) is 9.81. The van der Waals surface area contributed by atoms with Gasteiger partial charge in [0.15, 0.2) is 0 Å². The first-order valence-electron chi connectivity index (χ1n) is 13.6. The van der Waals surface area contributed by atoms with Crippen LogP contribution in [0, 0.1) is 5.92 Å². The van der Waals surface area contributed by atoms with Crippen molar-refractivity contribution in [1.82, 2.24) is 14.9 Å². The van der Waals surface area contributed by atoms with Crippen molar-refractivity contribution in [2.45, 2.75) is 31.8 Å². The summed E-state index contributed by atoms with van der Waals surface area (Å²) in [6.45, 7) is 2.41. The van der Waals surface area contributed by atoms with E-state index < -0.39 is 5.97 Å². The number of nitrogens with one attached hydrogen (secondary N) is 1. The highest BCUT2D eigenvalue weighted by atomic mass is 35.5. The molecule has 0 radical (unpaired) electrons. The number of ether oxygens (including phenoxy) is 2. The quantitative estimate of drug-likeness (QED) is 0.298. The Morgan fingerprint density at radius 3 is 2.20 bits per heavy atom. The Morgan fingerprint density at radius 2 is 1.55 bits per heavy atom. The first-order valence-corrected chi connectivity index (χ1v) is 14.0. The predicted octanol–water partition coefficient (Wildman–Crippen LogP) is 6.04. The highest BCUT2D eigenvalue weighted by Crippen LogP contribution is 2.34. The molecule has 1 saturated heterocycles. The van der Waals surface area contributed by atoms with Crippen molar-refractivity contribution in [1.29, 1.82) is 0 Å². The van der Waals surface area contributed by atoms with Gasteiger partial charge in [-0.2, -0.15) is 4.98 Å². The lowest BCUT2D eigenvalue weighted by atomic mass is 9.87. The minimum atomic E-state index is -0.730. The maximum atomic E-state index is 12.7. The van der Waals surface area contributed by atoms with Gasteiger partial charge in [-0.3, -0.25) is 9.59 Å².